The van der Waals surface area contributed by atoms with Crippen LogP contribution in [-0.2, 0) is 15.0 Å². The average Bonchev–Trinajstić information content (AvgIpc) is 3.22. The van der Waals surface area contributed by atoms with Gasteiger partial charge >= 0.3 is 0 Å². The first-order valence-corrected chi connectivity index (χ1v) is 10.7. The Kier molecular flexibility index (Phi) is 3.11. The molecule has 156 valence electrons. The number of nitrogens with zero attached hydrogens (tertiary/aromatic N) is 2. The maximum Gasteiger partial charge on any atom is 0.246 e. The Balaban J connectivity index is 1.53. The van der Waals surface area contributed by atoms with E-state index >= 15 is 0 Å². The Morgan fingerprint density at radius 3 is 2.71 bits per heavy atom. The van der Waals surface area contributed by atoms with Crippen LogP contribution in [-0.4, -0.2) is 53.0 Å². The number of H-pyrrole nitrogens is 1. The van der Waals surface area contributed by atoms with E-state index in [1.807, 2.05) is 35.2 Å². The highest BCUT2D eigenvalue weighted by molar-refractivity contribution is 6.00. The van der Waals surface area contributed by atoms with Crippen molar-refractivity contribution in [3.63, 3.8) is 0 Å². The highest BCUT2D eigenvalue weighted by Gasteiger charge is 2.65. The molecule has 1 saturated heterocycles. The molecule has 0 radical (unpaired) electrons. The molecule has 4 heterocycles. The zero-order chi connectivity index (χ0) is 20.9. The number of aromatic nitrogens is 1. The molecule has 31 heavy (non-hydrogen) atoms. The van der Waals surface area contributed by atoms with Gasteiger partial charge in [0.05, 0.1) is 12.6 Å². The summed E-state index contributed by atoms with van der Waals surface area (Å²) in [5.74, 6) is 1.38. The molecule has 0 bridgehead atoms. The number of rotatable bonds is 1. The number of amides is 2. The van der Waals surface area contributed by atoms with Crippen molar-refractivity contribution < 1.29 is 19.1 Å². The van der Waals surface area contributed by atoms with Crippen molar-refractivity contribution in [3.8, 4) is 11.5 Å². The lowest BCUT2D eigenvalue weighted by Crippen LogP contribution is -2.65. The van der Waals surface area contributed by atoms with Gasteiger partial charge in [0, 0.05) is 29.1 Å². The maximum absolute atomic E-state index is 13.5. The fourth-order valence-electron chi connectivity index (χ4n) is 5.88. The summed E-state index contributed by atoms with van der Waals surface area (Å²) in [5, 5.41) is 1.15. The van der Waals surface area contributed by atoms with Crippen LogP contribution in [0, 0.1) is 0 Å². The first-order valence-electron chi connectivity index (χ1n) is 10.7. The van der Waals surface area contributed by atoms with Crippen molar-refractivity contribution in [1.29, 1.82) is 0 Å². The van der Waals surface area contributed by atoms with Crippen LogP contribution in [0.25, 0.3) is 10.9 Å². The second kappa shape index (κ2) is 5.60. The van der Waals surface area contributed by atoms with Crippen LogP contribution < -0.4 is 9.47 Å². The Hall–Kier alpha value is -3.48. The van der Waals surface area contributed by atoms with Gasteiger partial charge in [0.1, 0.15) is 6.04 Å². The number of fused-ring (bicyclic) bond motifs is 7. The second-order valence-corrected chi connectivity index (χ2v) is 9.03. The molecule has 4 aliphatic rings. The van der Waals surface area contributed by atoms with Gasteiger partial charge in [0.15, 0.2) is 11.5 Å². The number of carbonyl (C=O) groups is 2. The molecule has 3 aromatic rings. The van der Waals surface area contributed by atoms with Gasteiger partial charge in [0.25, 0.3) is 0 Å². The smallest absolute Gasteiger partial charge is 0.246 e. The van der Waals surface area contributed by atoms with Crippen LogP contribution in [0.4, 0.5) is 0 Å². The normalized spacial score (nSPS) is 25.2. The fourth-order valence-corrected chi connectivity index (χ4v) is 5.88. The van der Waals surface area contributed by atoms with E-state index in [1.165, 1.54) is 5.56 Å². The fraction of sp³-hybridized carbons (Fsp3) is 0.333. The number of hydrogen-bond acceptors (Lipinski definition) is 4. The van der Waals surface area contributed by atoms with Gasteiger partial charge in [-0.15, -0.1) is 0 Å². The van der Waals surface area contributed by atoms with Crippen LogP contribution in [0.5, 0.6) is 11.5 Å². The van der Waals surface area contributed by atoms with E-state index in [4.69, 9.17) is 9.47 Å². The largest absolute Gasteiger partial charge is 0.454 e. The van der Waals surface area contributed by atoms with Gasteiger partial charge in [-0.05, 0) is 42.2 Å². The molecule has 7 rings (SSSR count). The van der Waals surface area contributed by atoms with Gasteiger partial charge in [-0.1, -0.05) is 24.3 Å². The summed E-state index contributed by atoms with van der Waals surface area (Å²) in [6.45, 7) is 0.292. The summed E-state index contributed by atoms with van der Waals surface area (Å²) in [6, 6.07) is 13.2. The van der Waals surface area contributed by atoms with E-state index in [9.17, 15) is 9.59 Å². The van der Waals surface area contributed by atoms with Crippen LogP contribution in [0.1, 0.15) is 35.7 Å². The predicted octanol–water partition coefficient (Wildman–Crippen LogP) is 2.70. The van der Waals surface area contributed by atoms with Crippen molar-refractivity contribution in [3.05, 3.63) is 59.3 Å². The number of likely N-dealkylation sites (N-methyl/N-ethyl adjacent to an activating group) is 1. The highest BCUT2D eigenvalue weighted by atomic mass is 16.7. The van der Waals surface area contributed by atoms with Crippen LogP contribution in [0.2, 0.25) is 0 Å². The Morgan fingerprint density at radius 1 is 1.06 bits per heavy atom. The standard InChI is InChI=1S/C24H21N3O4/c1-26-11-18(28)27-21(13-6-7-16-17(10-13)31-12-30-16)20-19(14-4-2-3-5-15(14)25-20)24(8-9-24)22(27)23(26)29/h2-7,10,21-22,25H,8-9,11-12H2,1H3. The quantitative estimate of drug-likeness (QED) is 0.663. The second-order valence-electron chi connectivity index (χ2n) is 9.03. The highest BCUT2D eigenvalue weighted by Crippen LogP contribution is 2.62. The molecule has 2 atom stereocenters. The molecule has 1 aliphatic carbocycles. The molecule has 7 heteroatoms. The van der Waals surface area contributed by atoms with E-state index in [2.05, 4.69) is 17.1 Å². The van der Waals surface area contributed by atoms with E-state index in [-0.39, 0.29) is 36.6 Å². The molecular weight excluding hydrogens is 394 g/mol. The molecule has 2 aromatic carbocycles. The number of nitrogens with one attached hydrogen (secondary N) is 1. The summed E-state index contributed by atoms with van der Waals surface area (Å²) < 4.78 is 11.1. The molecular formula is C24H21N3O4. The van der Waals surface area contributed by atoms with Crippen molar-refractivity contribution in [1.82, 2.24) is 14.8 Å². The number of para-hydroxylation sites is 1. The zero-order valence-corrected chi connectivity index (χ0v) is 17.1. The molecule has 3 aliphatic heterocycles. The number of piperazine rings is 1. The average molecular weight is 415 g/mol. The van der Waals surface area contributed by atoms with Crippen molar-refractivity contribution >= 4 is 22.7 Å². The van der Waals surface area contributed by atoms with Crippen LogP contribution >= 0.6 is 0 Å². The Morgan fingerprint density at radius 2 is 1.87 bits per heavy atom. The monoisotopic (exact) mass is 415 g/mol. The Bertz CT molecular complexity index is 1290. The third-order valence-electron chi connectivity index (χ3n) is 7.36. The van der Waals surface area contributed by atoms with Gasteiger partial charge in [0.2, 0.25) is 18.6 Å². The van der Waals surface area contributed by atoms with E-state index < -0.39 is 6.04 Å². The number of aromatic amines is 1. The van der Waals surface area contributed by atoms with E-state index in [1.54, 1.807) is 11.9 Å². The topological polar surface area (TPSA) is 74.9 Å². The van der Waals surface area contributed by atoms with Gasteiger partial charge in [-0.3, -0.25) is 9.59 Å². The minimum Gasteiger partial charge on any atom is -0.454 e. The molecule has 1 N–H and O–H groups in total. The minimum absolute atomic E-state index is 0.0228. The van der Waals surface area contributed by atoms with E-state index in [0.29, 0.717) is 11.5 Å². The number of benzene rings is 2. The lowest BCUT2D eigenvalue weighted by molar-refractivity contribution is -0.159. The molecule has 2 fully saturated rings. The lowest BCUT2D eigenvalue weighted by atomic mass is 9.76. The summed E-state index contributed by atoms with van der Waals surface area (Å²) >= 11 is 0. The molecule has 1 spiro atoms. The van der Waals surface area contributed by atoms with Gasteiger partial charge in [-0.25, -0.2) is 0 Å². The van der Waals surface area contributed by atoms with Crippen molar-refractivity contribution in [2.75, 3.05) is 20.4 Å². The lowest BCUT2D eigenvalue weighted by Gasteiger charge is -2.50. The number of carbonyl (C=O) groups excluding carboxylic acids is 2. The van der Waals surface area contributed by atoms with E-state index in [0.717, 1.165) is 35.0 Å². The maximum atomic E-state index is 13.5. The zero-order valence-electron chi connectivity index (χ0n) is 17.1. The third-order valence-corrected chi connectivity index (χ3v) is 7.36. The first kappa shape index (κ1) is 17.2. The molecule has 7 nitrogen and oxygen atoms in total. The first-order chi connectivity index (χ1) is 15.1. The molecule has 1 saturated carbocycles. The molecule has 1 aromatic heterocycles. The third kappa shape index (κ3) is 2.08. The molecule has 2 unspecified atom stereocenters. The van der Waals surface area contributed by atoms with Gasteiger partial charge in [-0.2, -0.15) is 0 Å². The number of hydrogen-bond donors (Lipinski definition) is 1. The summed E-state index contributed by atoms with van der Waals surface area (Å²) in [7, 11) is 1.73. The van der Waals surface area contributed by atoms with Crippen molar-refractivity contribution in [2.45, 2.75) is 30.3 Å². The summed E-state index contributed by atoms with van der Waals surface area (Å²) in [6.07, 6.45) is 1.81. The van der Waals surface area contributed by atoms with Crippen molar-refractivity contribution in [2.24, 2.45) is 0 Å². The summed E-state index contributed by atoms with van der Waals surface area (Å²) in [4.78, 5) is 33.9. The summed E-state index contributed by atoms with van der Waals surface area (Å²) in [5.41, 5.74) is 3.85. The SMILES string of the molecule is CN1CC(=O)N2C(c3ccc4c(c3)OCO4)c3[nH]c4ccccc4c3C3(CC3)C2C1=O. The van der Waals surface area contributed by atoms with Crippen LogP contribution in [0.3, 0.4) is 0 Å². The predicted molar refractivity (Wildman–Crippen MR) is 112 cm³/mol. The Labute approximate surface area is 178 Å². The van der Waals surface area contributed by atoms with Gasteiger partial charge < -0.3 is 24.3 Å². The molecule has 2 amide bonds. The minimum atomic E-state index is -0.485. The number of ether oxygens (including phenoxy) is 2. The van der Waals surface area contributed by atoms with Crippen LogP contribution in [0.15, 0.2) is 42.5 Å².